The molecule has 96 valence electrons. The summed E-state index contributed by atoms with van der Waals surface area (Å²) in [6.07, 6.45) is 2.93. The van der Waals surface area contributed by atoms with Crippen LogP contribution in [0.25, 0.3) is 0 Å². The molecule has 18 heavy (non-hydrogen) atoms. The maximum Gasteiger partial charge on any atom is 0.312 e. The maximum absolute atomic E-state index is 12.3. The summed E-state index contributed by atoms with van der Waals surface area (Å²) < 4.78 is 10.5. The minimum absolute atomic E-state index is 0.0686. The number of carbonyl (C=O) groups excluding carboxylic acids is 1. The van der Waals surface area contributed by atoms with Gasteiger partial charge in [-0.05, 0) is 18.4 Å². The maximum atomic E-state index is 12.3. The SMILES string of the molecule is COC(=O)C1(C2(c3ccccc3)COC2)CCC1. The molecule has 0 bridgehead atoms. The molecule has 0 aromatic heterocycles. The van der Waals surface area contributed by atoms with E-state index in [9.17, 15) is 4.79 Å². The standard InChI is InChI=1S/C15H18O3/c1-17-13(16)14(8-5-9-14)15(10-18-11-15)12-6-3-2-4-7-12/h2-4,6-7H,5,8-11H2,1H3. The Kier molecular flexibility index (Phi) is 2.67. The van der Waals surface area contributed by atoms with Gasteiger partial charge in [-0.2, -0.15) is 0 Å². The van der Waals surface area contributed by atoms with Crippen molar-refractivity contribution in [2.75, 3.05) is 20.3 Å². The molecule has 0 unspecified atom stereocenters. The first kappa shape index (κ1) is 11.7. The second-order valence-electron chi connectivity index (χ2n) is 5.37. The number of ether oxygens (including phenoxy) is 2. The van der Waals surface area contributed by atoms with Crippen molar-refractivity contribution in [2.45, 2.75) is 24.7 Å². The second-order valence-corrected chi connectivity index (χ2v) is 5.37. The van der Waals surface area contributed by atoms with Crippen molar-refractivity contribution in [3.05, 3.63) is 35.9 Å². The van der Waals surface area contributed by atoms with Gasteiger partial charge in [-0.25, -0.2) is 0 Å². The predicted molar refractivity (Wildman–Crippen MR) is 67.2 cm³/mol. The molecule has 0 radical (unpaired) electrons. The van der Waals surface area contributed by atoms with Crippen LogP contribution < -0.4 is 0 Å². The molecule has 3 heteroatoms. The van der Waals surface area contributed by atoms with Gasteiger partial charge in [0.15, 0.2) is 0 Å². The summed E-state index contributed by atoms with van der Waals surface area (Å²) in [5, 5.41) is 0. The summed E-state index contributed by atoms with van der Waals surface area (Å²) in [6.45, 7) is 1.26. The lowest BCUT2D eigenvalue weighted by Crippen LogP contribution is -2.65. The zero-order chi connectivity index (χ0) is 12.6. The molecular weight excluding hydrogens is 228 g/mol. The molecule has 0 atom stereocenters. The molecule has 1 saturated carbocycles. The first-order valence-electron chi connectivity index (χ1n) is 6.47. The molecule has 3 nitrogen and oxygen atoms in total. The Bertz CT molecular complexity index is 444. The van der Waals surface area contributed by atoms with Gasteiger partial charge in [0, 0.05) is 0 Å². The largest absolute Gasteiger partial charge is 0.469 e. The molecule has 3 rings (SSSR count). The highest BCUT2D eigenvalue weighted by atomic mass is 16.5. The highest BCUT2D eigenvalue weighted by Crippen LogP contribution is 2.58. The molecule has 1 aliphatic carbocycles. The number of hydrogen-bond acceptors (Lipinski definition) is 3. The van der Waals surface area contributed by atoms with Crippen molar-refractivity contribution in [1.29, 1.82) is 0 Å². The van der Waals surface area contributed by atoms with Crippen molar-refractivity contribution >= 4 is 5.97 Å². The molecule has 0 amide bonds. The van der Waals surface area contributed by atoms with Crippen molar-refractivity contribution in [1.82, 2.24) is 0 Å². The van der Waals surface area contributed by atoms with Gasteiger partial charge in [0.2, 0.25) is 0 Å². The Morgan fingerprint density at radius 1 is 1.22 bits per heavy atom. The third kappa shape index (κ3) is 1.31. The Balaban J connectivity index is 2.04. The second kappa shape index (κ2) is 4.09. The average molecular weight is 246 g/mol. The van der Waals surface area contributed by atoms with Gasteiger partial charge in [-0.1, -0.05) is 36.8 Å². The van der Waals surface area contributed by atoms with E-state index >= 15 is 0 Å². The first-order valence-corrected chi connectivity index (χ1v) is 6.47. The Hall–Kier alpha value is -1.35. The Morgan fingerprint density at radius 2 is 1.89 bits per heavy atom. The summed E-state index contributed by atoms with van der Waals surface area (Å²) in [4.78, 5) is 12.3. The molecule has 0 N–H and O–H groups in total. The molecule has 2 aliphatic rings. The van der Waals surface area contributed by atoms with E-state index in [1.165, 1.54) is 12.7 Å². The monoisotopic (exact) mass is 246 g/mol. The van der Waals surface area contributed by atoms with Crippen LogP contribution in [0.5, 0.6) is 0 Å². The highest BCUT2D eigenvalue weighted by molar-refractivity contribution is 5.80. The van der Waals surface area contributed by atoms with Crippen LogP contribution in [0.15, 0.2) is 30.3 Å². The number of rotatable bonds is 3. The van der Waals surface area contributed by atoms with E-state index in [1.807, 2.05) is 18.2 Å². The molecule has 1 aliphatic heterocycles. The normalized spacial score (nSPS) is 23.6. The minimum Gasteiger partial charge on any atom is -0.469 e. The zero-order valence-corrected chi connectivity index (χ0v) is 10.6. The van der Waals surface area contributed by atoms with Crippen LogP contribution >= 0.6 is 0 Å². The fraction of sp³-hybridized carbons (Fsp3) is 0.533. The molecular formula is C15H18O3. The lowest BCUT2D eigenvalue weighted by atomic mass is 9.49. The lowest BCUT2D eigenvalue weighted by Gasteiger charge is -2.58. The fourth-order valence-electron chi connectivity index (χ4n) is 3.39. The number of hydrogen-bond donors (Lipinski definition) is 0. The van der Waals surface area contributed by atoms with Crippen LogP contribution in [-0.2, 0) is 19.7 Å². The van der Waals surface area contributed by atoms with E-state index in [4.69, 9.17) is 9.47 Å². The van der Waals surface area contributed by atoms with Gasteiger partial charge in [0.1, 0.15) is 0 Å². The van der Waals surface area contributed by atoms with E-state index in [1.54, 1.807) is 0 Å². The van der Waals surface area contributed by atoms with Gasteiger partial charge in [0.05, 0.1) is 31.2 Å². The Labute approximate surface area is 107 Å². The summed E-state index contributed by atoms with van der Waals surface area (Å²) in [7, 11) is 1.49. The summed E-state index contributed by atoms with van der Waals surface area (Å²) in [5.74, 6) is -0.0686. The predicted octanol–water partition coefficient (Wildman–Crippen LogP) is 2.30. The van der Waals surface area contributed by atoms with Gasteiger partial charge in [0.25, 0.3) is 0 Å². The van der Waals surface area contributed by atoms with Crippen molar-refractivity contribution in [2.24, 2.45) is 5.41 Å². The molecule has 1 saturated heterocycles. The quantitative estimate of drug-likeness (QED) is 0.768. The number of methoxy groups -OCH3 is 1. The summed E-state index contributed by atoms with van der Waals surface area (Å²) >= 11 is 0. The minimum atomic E-state index is -0.360. The number of benzene rings is 1. The summed E-state index contributed by atoms with van der Waals surface area (Å²) in [5.41, 5.74) is 0.683. The molecule has 1 aromatic carbocycles. The van der Waals surface area contributed by atoms with Crippen LogP contribution in [0.2, 0.25) is 0 Å². The van der Waals surface area contributed by atoms with Crippen LogP contribution in [0.1, 0.15) is 24.8 Å². The Morgan fingerprint density at radius 3 is 2.28 bits per heavy atom. The van der Waals surface area contributed by atoms with E-state index in [0.717, 1.165) is 19.3 Å². The van der Waals surface area contributed by atoms with Gasteiger partial charge in [-0.3, -0.25) is 4.79 Å². The van der Waals surface area contributed by atoms with Crippen molar-refractivity contribution < 1.29 is 14.3 Å². The van der Waals surface area contributed by atoms with Crippen molar-refractivity contribution in [3.63, 3.8) is 0 Å². The topological polar surface area (TPSA) is 35.5 Å². The van der Waals surface area contributed by atoms with Crippen LogP contribution in [0, 0.1) is 5.41 Å². The van der Waals surface area contributed by atoms with Gasteiger partial charge >= 0.3 is 5.97 Å². The van der Waals surface area contributed by atoms with Gasteiger partial charge < -0.3 is 9.47 Å². The van der Waals surface area contributed by atoms with Gasteiger partial charge in [-0.15, -0.1) is 0 Å². The molecule has 1 heterocycles. The smallest absolute Gasteiger partial charge is 0.312 e. The van der Waals surface area contributed by atoms with Crippen molar-refractivity contribution in [3.8, 4) is 0 Å². The zero-order valence-electron chi connectivity index (χ0n) is 10.6. The number of carbonyl (C=O) groups is 1. The average Bonchev–Trinajstić information content (AvgIpc) is 2.31. The van der Waals surface area contributed by atoms with E-state index in [2.05, 4.69) is 12.1 Å². The third-order valence-electron chi connectivity index (χ3n) is 4.72. The first-order chi connectivity index (χ1) is 8.75. The summed E-state index contributed by atoms with van der Waals surface area (Å²) in [6, 6.07) is 10.3. The van der Waals surface area contributed by atoms with Crippen LogP contribution in [0.3, 0.4) is 0 Å². The van der Waals surface area contributed by atoms with Crippen LogP contribution in [0.4, 0.5) is 0 Å². The lowest BCUT2D eigenvalue weighted by molar-refractivity contribution is -0.195. The molecule has 2 fully saturated rings. The fourth-order valence-corrected chi connectivity index (χ4v) is 3.39. The van der Waals surface area contributed by atoms with Crippen LogP contribution in [-0.4, -0.2) is 26.3 Å². The van der Waals surface area contributed by atoms with E-state index in [-0.39, 0.29) is 16.8 Å². The highest BCUT2D eigenvalue weighted by Gasteiger charge is 2.64. The van der Waals surface area contributed by atoms with E-state index in [0.29, 0.717) is 13.2 Å². The van der Waals surface area contributed by atoms with E-state index < -0.39 is 0 Å². The molecule has 0 spiro atoms. The number of esters is 1. The third-order valence-corrected chi connectivity index (χ3v) is 4.72. The molecule has 1 aromatic rings.